The Morgan fingerprint density at radius 2 is 1.97 bits per heavy atom. The first kappa shape index (κ1) is 20.4. The van der Waals surface area contributed by atoms with Gasteiger partial charge in [-0.15, -0.1) is 0 Å². The smallest absolute Gasteiger partial charge is 0.255 e. The highest BCUT2D eigenvalue weighted by atomic mass is 35.5. The summed E-state index contributed by atoms with van der Waals surface area (Å²) in [6.07, 6.45) is 6.72. The van der Waals surface area contributed by atoms with Gasteiger partial charge in [0, 0.05) is 16.7 Å². The second-order valence-corrected chi connectivity index (χ2v) is 10.8. The van der Waals surface area contributed by atoms with Crippen molar-refractivity contribution in [1.82, 2.24) is 9.29 Å². The minimum Gasteiger partial charge on any atom is -0.486 e. The number of allylic oxidation sites excluding steroid dienone is 1. The van der Waals surface area contributed by atoms with Crippen LogP contribution in [0.3, 0.4) is 0 Å². The molecule has 0 bridgehead atoms. The zero-order chi connectivity index (χ0) is 21.1. The Morgan fingerprint density at radius 3 is 2.62 bits per heavy atom. The third-order valence-electron chi connectivity index (χ3n) is 5.81. The molecular weight excluding hydrogens is 414 g/mol. The first-order valence-corrected chi connectivity index (χ1v) is 11.7. The Bertz CT molecular complexity index is 1040. The Hall–Kier alpha value is -1.90. The van der Waals surface area contributed by atoms with Gasteiger partial charge < -0.3 is 4.74 Å². The van der Waals surface area contributed by atoms with E-state index in [0.29, 0.717) is 30.9 Å². The topological polar surface area (TPSA) is 79.8 Å². The van der Waals surface area contributed by atoms with E-state index in [0.717, 1.165) is 16.2 Å². The van der Waals surface area contributed by atoms with Crippen LogP contribution in [-0.2, 0) is 14.8 Å². The number of nitrogens with zero attached hydrogens (tertiary/aromatic N) is 3. The summed E-state index contributed by atoms with van der Waals surface area (Å²) in [5, 5.41) is 0.766. The van der Waals surface area contributed by atoms with Crippen LogP contribution in [0.25, 0.3) is 0 Å². The van der Waals surface area contributed by atoms with E-state index < -0.39 is 15.6 Å². The number of carbonyl (C=O) groups excluding carboxylic acids is 1. The van der Waals surface area contributed by atoms with Crippen LogP contribution in [0.4, 0.5) is 5.69 Å². The molecular formula is C20H24ClN3O4S. The second kappa shape index (κ2) is 6.82. The predicted octanol–water partition coefficient (Wildman–Crippen LogP) is 2.69. The van der Waals surface area contributed by atoms with Crippen molar-refractivity contribution in [2.45, 2.75) is 38.8 Å². The highest BCUT2D eigenvalue weighted by Gasteiger charge is 2.47. The molecule has 4 rings (SSSR count). The van der Waals surface area contributed by atoms with Crippen LogP contribution in [0.15, 0.2) is 40.7 Å². The van der Waals surface area contributed by atoms with Gasteiger partial charge in [-0.05, 0) is 37.8 Å². The number of anilines is 1. The van der Waals surface area contributed by atoms with E-state index in [1.54, 1.807) is 23.4 Å². The van der Waals surface area contributed by atoms with Gasteiger partial charge in [0.05, 0.1) is 43.0 Å². The van der Waals surface area contributed by atoms with Gasteiger partial charge in [0.2, 0.25) is 10.0 Å². The fourth-order valence-corrected chi connectivity index (χ4v) is 5.17. The maximum Gasteiger partial charge on any atom is 0.255 e. The molecule has 1 aromatic rings. The highest BCUT2D eigenvalue weighted by Crippen LogP contribution is 2.46. The lowest BCUT2D eigenvalue weighted by Gasteiger charge is -2.37. The van der Waals surface area contributed by atoms with Crippen molar-refractivity contribution in [3.05, 3.63) is 40.7 Å². The molecule has 3 heterocycles. The van der Waals surface area contributed by atoms with Gasteiger partial charge in [0.15, 0.2) is 0 Å². The molecule has 9 heteroatoms. The Balaban J connectivity index is 1.56. The van der Waals surface area contributed by atoms with Crippen molar-refractivity contribution in [3.63, 3.8) is 0 Å². The number of carbonyl (C=O) groups is 1. The fraction of sp³-hybridized carbons (Fsp3) is 0.500. The average Bonchev–Trinajstić information content (AvgIpc) is 2.76. The molecule has 1 saturated heterocycles. The fourth-order valence-electron chi connectivity index (χ4n) is 4.11. The third kappa shape index (κ3) is 3.47. The summed E-state index contributed by atoms with van der Waals surface area (Å²) in [5.74, 6) is 0.596. The molecule has 2 aliphatic heterocycles. The number of amides is 1. The number of halogens is 1. The molecule has 1 aliphatic carbocycles. The van der Waals surface area contributed by atoms with Gasteiger partial charge in [0.1, 0.15) is 11.9 Å². The molecule has 156 valence electrons. The number of aromatic nitrogens is 1. The van der Waals surface area contributed by atoms with E-state index in [4.69, 9.17) is 16.3 Å². The maximum atomic E-state index is 13.2. The minimum atomic E-state index is -3.19. The summed E-state index contributed by atoms with van der Waals surface area (Å²) >= 11 is 6.37. The van der Waals surface area contributed by atoms with E-state index in [1.165, 1.54) is 10.6 Å². The van der Waals surface area contributed by atoms with Gasteiger partial charge in [-0.25, -0.2) is 8.42 Å². The van der Waals surface area contributed by atoms with Crippen molar-refractivity contribution in [2.75, 3.05) is 24.2 Å². The zero-order valence-electron chi connectivity index (χ0n) is 16.8. The van der Waals surface area contributed by atoms with Crippen LogP contribution in [0.2, 0.25) is 0 Å². The summed E-state index contributed by atoms with van der Waals surface area (Å²) in [7, 11) is -3.19. The molecule has 1 amide bonds. The molecule has 1 unspecified atom stereocenters. The van der Waals surface area contributed by atoms with Gasteiger partial charge >= 0.3 is 0 Å². The molecule has 0 N–H and O–H groups in total. The lowest BCUT2D eigenvalue weighted by atomic mass is 9.85. The molecule has 29 heavy (non-hydrogen) atoms. The normalized spacial score (nSPS) is 25.0. The predicted molar refractivity (Wildman–Crippen MR) is 111 cm³/mol. The lowest BCUT2D eigenvalue weighted by molar-refractivity contribution is -0.115. The van der Waals surface area contributed by atoms with Crippen molar-refractivity contribution in [2.24, 2.45) is 5.92 Å². The lowest BCUT2D eigenvalue weighted by Crippen LogP contribution is -2.55. The maximum absolute atomic E-state index is 13.2. The van der Waals surface area contributed by atoms with E-state index >= 15 is 0 Å². The summed E-state index contributed by atoms with van der Waals surface area (Å²) < 4.78 is 30.3. The van der Waals surface area contributed by atoms with Crippen molar-refractivity contribution in [3.8, 4) is 5.75 Å². The first-order chi connectivity index (χ1) is 13.5. The van der Waals surface area contributed by atoms with E-state index in [9.17, 15) is 13.2 Å². The summed E-state index contributed by atoms with van der Waals surface area (Å²) in [4.78, 5) is 19.2. The van der Waals surface area contributed by atoms with E-state index in [1.807, 2.05) is 26.8 Å². The van der Waals surface area contributed by atoms with Crippen LogP contribution < -0.4 is 9.64 Å². The van der Waals surface area contributed by atoms with E-state index in [2.05, 4.69) is 4.98 Å². The zero-order valence-corrected chi connectivity index (χ0v) is 18.4. The molecule has 0 radical (unpaired) electrons. The summed E-state index contributed by atoms with van der Waals surface area (Å²) in [6.45, 7) is 6.63. The largest absolute Gasteiger partial charge is 0.486 e. The molecule has 0 spiro atoms. The molecule has 0 aromatic carbocycles. The molecule has 1 aromatic heterocycles. The molecule has 1 fully saturated rings. The Kier molecular flexibility index (Phi) is 4.79. The van der Waals surface area contributed by atoms with Gasteiger partial charge in [-0.2, -0.15) is 4.31 Å². The molecule has 0 saturated carbocycles. The number of ether oxygens (including phenoxy) is 1. The van der Waals surface area contributed by atoms with Crippen LogP contribution in [-0.4, -0.2) is 54.6 Å². The molecule has 1 atom stereocenters. The molecule has 7 nitrogen and oxygen atoms in total. The molecule has 3 aliphatic rings. The summed E-state index contributed by atoms with van der Waals surface area (Å²) in [5.41, 5.74) is 1.82. The van der Waals surface area contributed by atoms with Crippen molar-refractivity contribution in [1.29, 1.82) is 0 Å². The minimum absolute atomic E-state index is 0.0388. The van der Waals surface area contributed by atoms with Gasteiger partial charge in [-0.1, -0.05) is 18.5 Å². The van der Waals surface area contributed by atoms with Gasteiger partial charge in [0.25, 0.3) is 5.91 Å². The first-order valence-electron chi connectivity index (χ1n) is 9.50. The Labute approximate surface area is 176 Å². The highest BCUT2D eigenvalue weighted by molar-refractivity contribution is 7.88. The number of hydrogen-bond acceptors (Lipinski definition) is 5. The van der Waals surface area contributed by atoms with Crippen molar-refractivity contribution < 1.29 is 17.9 Å². The number of rotatable bonds is 4. The number of hydrogen-bond donors (Lipinski definition) is 0. The van der Waals surface area contributed by atoms with Crippen LogP contribution >= 0.6 is 11.6 Å². The van der Waals surface area contributed by atoms with Crippen LogP contribution in [0.5, 0.6) is 5.75 Å². The Morgan fingerprint density at radius 1 is 1.28 bits per heavy atom. The van der Waals surface area contributed by atoms with E-state index in [-0.39, 0.29) is 17.9 Å². The van der Waals surface area contributed by atoms with Crippen LogP contribution in [0.1, 0.15) is 27.2 Å². The monoisotopic (exact) mass is 437 g/mol. The quantitative estimate of drug-likeness (QED) is 0.723. The van der Waals surface area contributed by atoms with Gasteiger partial charge in [-0.3, -0.25) is 14.7 Å². The second-order valence-electron chi connectivity index (χ2n) is 8.42. The van der Waals surface area contributed by atoms with Crippen LogP contribution in [0, 0.1) is 5.92 Å². The average molecular weight is 438 g/mol. The third-order valence-corrected chi connectivity index (χ3v) is 7.53. The van der Waals surface area contributed by atoms with Crippen molar-refractivity contribution >= 4 is 33.2 Å². The number of sulfonamides is 1. The standard InChI is InChI=1S/C20H24ClN3O4S/c1-12-5-16-17(7-18(12)21)20(2,3)24(19(16)25)13-6-14(9-22-8-13)28-15-10-23(11-15)29(4,26)27/h6-9,12,15H,5,10-11H2,1-4H3. The summed E-state index contributed by atoms with van der Waals surface area (Å²) in [6, 6.07) is 1.78. The SMILES string of the molecule is CC1CC2=C(C=C1Cl)C(C)(C)N(c1cncc(OC3CN(S(C)(=O)=O)C3)c1)C2=O. The number of pyridine rings is 1.